The van der Waals surface area contributed by atoms with Crippen molar-refractivity contribution in [2.45, 2.75) is 31.8 Å². The Morgan fingerprint density at radius 2 is 2.29 bits per heavy atom. The number of amides is 1. The van der Waals surface area contributed by atoms with Crippen LogP contribution < -0.4 is 15.0 Å². The summed E-state index contributed by atoms with van der Waals surface area (Å²) in [7, 11) is 1.68. The molecule has 2 heterocycles. The number of rotatable bonds is 5. The van der Waals surface area contributed by atoms with Crippen molar-refractivity contribution in [3.63, 3.8) is 0 Å². The summed E-state index contributed by atoms with van der Waals surface area (Å²) in [5, 5.41) is 7.31. The van der Waals surface area contributed by atoms with E-state index in [1.807, 2.05) is 37.4 Å². The predicted octanol–water partition coefficient (Wildman–Crippen LogP) is 2.24. The van der Waals surface area contributed by atoms with Crippen LogP contribution in [0.25, 0.3) is 0 Å². The summed E-state index contributed by atoms with van der Waals surface area (Å²) in [4.78, 5) is 14.7. The number of hydrogen-bond donors (Lipinski definition) is 1. The highest BCUT2D eigenvalue weighted by atomic mass is 16.5. The first-order valence-corrected chi connectivity index (χ1v) is 8.36. The molecule has 1 aromatic heterocycles. The molecule has 0 spiro atoms. The van der Waals surface area contributed by atoms with Crippen LogP contribution in [0.3, 0.4) is 0 Å². The second-order valence-electron chi connectivity index (χ2n) is 6.16. The highest BCUT2D eigenvalue weighted by molar-refractivity contribution is 5.80. The lowest BCUT2D eigenvalue weighted by Gasteiger charge is -2.35. The minimum absolute atomic E-state index is 0.0104. The first kappa shape index (κ1) is 16.4. The van der Waals surface area contributed by atoms with Crippen molar-refractivity contribution in [3.05, 3.63) is 42.7 Å². The lowest BCUT2D eigenvalue weighted by atomic mass is 10.0. The Kier molecular flexibility index (Phi) is 5.03. The van der Waals surface area contributed by atoms with Gasteiger partial charge in [-0.1, -0.05) is 6.07 Å². The van der Waals surface area contributed by atoms with E-state index < -0.39 is 0 Å². The quantitative estimate of drug-likeness (QED) is 0.914. The monoisotopic (exact) mass is 328 g/mol. The van der Waals surface area contributed by atoms with E-state index >= 15 is 0 Å². The Bertz CT molecular complexity index is 671. The second-order valence-corrected chi connectivity index (χ2v) is 6.16. The number of carbonyl (C=O) groups is 1. The zero-order valence-electron chi connectivity index (χ0n) is 14.2. The molecule has 2 atom stereocenters. The van der Waals surface area contributed by atoms with Crippen molar-refractivity contribution < 1.29 is 9.53 Å². The number of nitrogens with zero attached hydrogens (tertiary/aromatic N) is 3. The van der Waals surface area contributed by atoms with Crippen molar-refractivity contribution in [2.75, 3.05) is 25.1 Å². The SMILES string of the molecule is COc1cccc(N2CCC[C@@H](NC(=O)[C@@H](C)n3cccn3)C2)c1. The summed E-state index contributed by atoms with van der Waals surface area (Å²) in [5.74, 6) is 0.863. The van der Waals surface area contributed by atoms with Crippen molar-refractivity contribution in [1.29, 1.82) is 0 Å². The van der Waals surface area contributed by atoms with Gasteiger partial charge in [0.15, 0.2) is 0 Å². The highest BCUT2D eigenvalue weighted by Crippen LogP contribution is 2.24. The number of benzene rings is 1. The summed E-state index contributed by atoms with van der Waals surface area (Å²) in [6.07, 6.45) is 5.55. The van der Waals surface area contributed by atoms with E-state index in [0.717, 1.165) is 37.4 Å². The van der Waals surface area contributed by atoms with Gasteiger partial charge in [-0.05, 0) is 38.0 Å². The predicted molar refractivity (Wildman–Crippen MR) is 93.3 cm³/mol. The van der Waals surface area contributed by atoms with E-state index in [1.54, 1.807) is 18.0 Å². The van der Waals surface area contributed by atoms with Crippen LogP contribution in [0.1, 0.15) is 25.8 Å². The smallest absolute Gasteiger partial charge is 0.244 e. The van der Waals surface area contributed by atoms with Gasteiger partial charge in [0.1, 0.15) is 11.8 Å². The summed E-state index contributed by atoms with van der Waals surface area (Å²) in [6, 6.07) is 9.74. The lowest BCUT2D eigenvalue weighted by molar-refractivity contribution is -0.124. The molecule has 1 saturated heterocycles. The van der Waals surface area contributed by atoms with Crippen molar-refractivity contribution in [3.8, 4) is 5.75 Å². The van der Waals surface area contributed by atoms with Crippen LogP contribution in [-0.4, -0.2) is 41.9 Å². The fraction of sp³-hybridized carbons (Fsp3) is 0.444. The van der Waals surface area contributed by atoms with Crippen LogP contribution >= 0.6 is 0 Å². The maximum atomic E-state index is 12.4. The number of piperidine rings is 1. The van der Waals surface area contributed by atoms with Gasteiger partial charge >= 0.3 is 0 Å². The molecule has 1 aromatic carbocycles. The zero-order valence-corrected chi connectivity index (χ0v) is 14.2. The maximum Gasteiger partial charge on any atom is 0.244 e. The number of nitrogens with one attached hydrogen (secondary N) is 1. The Morgan fingerprint density at radius 1 is 1.42 bits per heavy atom. The van der Waals surface area contributed by atoms with Gasteiger partial charge < -0.3 is 15.0 Å². The Morgan fingerprint density at radius 3 is 3.04 bits per heavy atom. The Balaban J connectivity index is 1.62. The third-order valence-corrected chi connectivity index (χ3v) is 4.49. The number of carbonyl (C=O) groups excluding carboxylic acids is 1. The van der Waals surface area contributed by atoms with E-state index in [1.165, 1.54) is 0 Å². The van der Waals surface area contributed by atoms with Crippen molar-refractivity contribution >= 4 is 11.6 Å². The summed E-state index contributed by atoms with van der Waals surface area (Å²) in [5.41, 5.74) is 1.13. The molecule has 6 nitrogen and oxygen atoms in total. The fourth-order valence-corrected chi connectivity index (χ4v) is 3.09. The van der Waals surface area contributed by atoms with Crippen molar-refractivity contribution in [1.82, 2.24) is 15.1 Å². The second kappa shape index (κ2) is 7.38. The average molecular weight is 328 g/mol. The van der Waals surface area contributed by atoms with Gasteiger partial charge in [-0.2, -0.15) is 5.10 Å². The molecular weight excluding hydrogens is 304 g/mol. The molecule has 0 radical (unpaired) electrons. The van der Waals surface area contributed by atoms with Crippen LogP contribution in [0, 0.1) is 0 Å². The molecule has 128 valence electrons. The molecule has 0 saturated carbocycles. The lowest BCUT2D eigenvalue weighted by Crippen LogP contribution is -2.49. The molecule has 24 heavy (non-hydrogen) atoms. The molecule has 0 bridgehead atoms. The molecule has 1 amide bonds. The first-order valence-electron chi connectivity index (χ1n) is 8.36. The van der Waals surface area contributed by atoms with Gasteiger partial charge in [-0.15, -0.1) is 0 Å². The van der Waals surface area contributed by atoms with Crippen molar-refractivity contribution in [2.24, 2.45) is 0 Å². The van der Waals surface area contributed by atoms with Crippen LogP contribution in [0.4, 0.5) is 5.69 Å². The third-order valence-electron chi connectivity index (χ3n) is 4.49. The highest BCUT2D eigenvalue weighted by Gasteiger charge is 2.24. The van der Waals surface area contributed by atoms with E-state index in [0.29, 0.717) is 0 Å². The summed E-state index contributed by atoms with van der Waals surface area (Å²) >= 11 is 0. The van der Waals surface area contributed by atoms with E-state index in [4.69, 9.17) is 4.74 Å². The molecule has 1 aliphatic heterocycles. The molecule has 2 aromatic rings. The van der Waals surface area contributed by atoms with E-state index in [2.05, 4.69) is 21.4 Å². The molecule has 3 rings (SSSR count). The van der Waals surface area contributed by atoms with Gasteiger partial charge in [0.2, 0.25) is 5.91 Å². The minimum Gasteiger partial charge on any atom is -0.497 e. The van der Waals surface area contributed by atoms with E-state index in [-0.39, 0.29) is 18.0 Å². The topological polar surface area (TPSA) is 59.4 Å². The summed E-state index contributed by atoms with van der Waals surface area (Å²) in [6.45, 7) is 3.67. The minimum atomic E-state index is -0.299. The number of aromatic nitrogens is 2. The maximum absolute atomic E-state index is 12.4. The van der Waals surface area contributed by atoms with Gasteiger partial charge in [0.25, 0.3) is 0 Å². The first-order chi connectivity index (χ1) is 11.7. The fourth-order valence-electron chi connectivity index (χ4n) is 3.09. The molecule has 6 heteroatoms. The zero-order chi connectivity index (χ0) is 16.9. The number of methoxy groups -OCH3 is 1. The number of ether oxygens (including phenoxy) is 1. The normalized spacial score (nSPS) is 18.9. The van der Waals surface area contributed by atoms with Gasteiger partial charge in [-0.25, -0.2) is 0 Å². The standard InChI is InChI=1S/C18H24N4O2/c1-14(22-11-5-9-19-22)18(23)20-15-6-4-10-21(13-15)16-7-3-8-17(12-16)24-2/h3,5,7-9,11-12,14-15H,4,6,10,13H2,1-2H3,(H,20,23)/t14-,15-/m1/s1. The molecule has 1 N–H and O–H groups in total. The average Bonchev–Trinajstić information content (AvgIpc) is 3.16. The molecule has 1 aliphatic rings. The largest absolute Gasteiger partial charge is 0.497 e. The summed E-state index contributed by atoms with van der Waals surface area (Å²) < 4.78 is 6.98. The van der Waals surface area contributed by atoms with Gasteiger partial charge in [-0.3, -0.25) is 9.48 Å². The van der Waals surface area contributed by atoms with Crippen LogP contribution in [0.15, 0.2) is 42.7 Å². The molecule has 0 aliphatic carbocycles. The van der Waals surface area contributed by atoms with Crippen LogP contribution in [0.2, 0.25) is 0 Å². The van der Waals surface area contributed by atoms with Crippen LogP contribution in [0.5, 0.6) is 5.75 Å². The van der Waals surface area contributed by atoms with E-state index in [9.17, 15) is 4.79 Å². The molecular formula is C18H24N4O2. The van der Waals surface area contributed by atoms with Gasteiger partial charge in [0, 0.05) is 43.3 Å². The molecule has 1 fully saturated rings. The third kappa shape index (κ3) is 3.69. The van der Waals surface area contributed by atoms with Gasteiger partial charge in [0.05, 0.1) is 7.11 Å². The molecule has 0 unspecified atom stereocenters. The number of hydrogen-bond acceptors (Lipinski definition) is 4. The number of anilines is 1. The van der Waals surface area contributed by atoms with Crippen LogP contribution in [-0.2, 0) is 4.79 Å². The Labute approximate surface area is 142 Å². The Hall–Kier alpha value is -2.50.